The normalized spacial score (nSPS) is 30.1. The third kappa shape index (κ3) is 2.00. The molecule has 2 aliphatic rings. The van der Waals surface area contributed by atoms with Gasteiger partial charge in [0.1, 0.15) is 0 Å². The van der Waals surface area contributed by atoms with Crippen LogP contribution in [0.1, 0.15) is 5.56 Å². The molecule has 4 nitrogen and oxygen atoms in total. The molecule has 0 radical (unpaired) electrons. The van der Waals surface area contributed by atoms with E-state index in [4.69, 9.17) is 5.11 Å². The molecule has 0 aromatic heterocycles. The Hall–Kier alpha value is -1.55. The molecule has 17 heavy (non-hydrogen) atoms. The van der Waals surface area contributed by atoms with Crippen LogP contribution in [0.15, 0.2) is 30.3 Å². The van der Waals surface area contributed by atoms with Gasteiger partial charge in [-0.15, -0.1) is 0 Å². The van der Waals surface area contributed by atoms with Crippen molar-refractivity contribution in [3.05, 3.63) is 35.9 Å². The van der Waals surface area contributed by atoms with Crippen molar-refractivity contribution >= 4 is 6.09 Å². The Labute approximate surface area is 100 Å². The van der Waals surface area contributed by atoms with Gasteiger partial charge in [-0.05, 0) is 17.4 Å². The van der Waals surface area contributed by atoms with Gasteiger partial charge < -0.3 is 15.3 Å². The first-order chi connectivity index (χ1) is 8.25. The number of piperidine rings is 1. The Balaban J connectivity index is 1.47. The number of amides is 1. The molecule has 1 saturated heterocycles. The fourth-order valence-corrected chi connectivity index (χ4v) is 2.82. The minimum atomic E-state index is -0.779. The average molecular weight is 232 g/mol. The predicted octanol–water partition coefficient (Wildman–Crippen LogP) is 1.38. The molecule has 0 bridgehead atoms. The third-order valence-electron chi connectivity index (χ3n) is 3.85. The minimum absolute atomic E-state index is 0.519. The number of fused-ring (bicyclic) bond motifs is 1. The molecule has 1 aliphatic carbocycles. The maximum Gasteiger partial charge on any atom is 0.407 e. The highest BCUT2D eigenvalue weighted by molar-refractivity contribution is 5.65. The lowest BCUT2D eigenvalue weighted by atomic mass is 10.2. The number of hydrogen-bond acceptors (Lipinski definition) is 2. The zero-order valence-electron chi connectivity index (χ0n) is 9.54. The van der Waals surface area contributed by atoms with E-state index in [0.717, 1.165) is 6.54 Å². The van der Waals surface area contributed by atoms with Gasteiger partial charge in [-0.2, -0.15) is 0 Å². The van der Waals surface area contributed by atoms with Gasteiger partial charge in [0.25, 0.3) is 0 Å². The quantitative estimate of drug-likeness (QED) is 0.828. The first-order valence-corrected chi connectivity index (χ1v) is 6.01. The van der Waals surface area contributed by atoms with E-state index < -0.39 is 6.09 Å². The Kier molecular flexibility index (Phi) is 2.52. The van der Waals surface area contributed by atoms with E-state index in [-0.39, 0.29) is 0 Å². The van der Waals surface area contributed by atoms with E-state index in [9.17, 15) is 4.79 Å². The van der Waals surface area contributed by atoms with E-state index in [1.165, 1.54) is 10.5 Å². The van der Waals surface area contributed by atoms with Crippen molar-refractivity contribution in [1.29, 1.82) is 0 Å². The summed E-state index contributed by atoms with van der Waals surface area (Å²) in [6.07, 6.45) is -0.779. The number of rotatable bonds is 3. The van der Waals surface area contributed by atoms with Gasteiger partial charge in [0.2, 0.25) is 0 Å². The maximum absolute atomic E-state index is 10.8. The average Bonchev–Trinajstić information content (AvgIpc) is 2.80. The Morgan fingerprint density at radius 2 is 1.94 bits per heavy atom. The number of nitrogens with zero attached hydrogens (tertiary/aromatic N) is 1. The standard InChI is InChI=1S/C13H16N2O2/c16-13(17)15-7-10-11(8-15)12(10)14-6-9-4-2-1-3-5-9/h1-5,10-12,14H,6-8H2,(H,16,17)/t10-,11+,12?. The van der Waals surface area contributed by atoms with Crippen LogP contribution >= 0.6 is 0 Å². The summed E-state index contributed by atoms with van der Waals surface area (Å²) in [7, 11) is 0. The second kappa shape index (κ2) is 4.04. The van der Waals surface area contributed by atoms with Crippen LogP contribution in [0.5, 0.6) is 0 Å². The van der Waals surface area contributed by atoms with E-state index in [2.05, 4.69) is 17.4 Å². The minimum Gasteiger partial charge on any atom is -0.465 e. The molecule has 1 saturated carbocycles. The summed E-state index contributed by atoms with van der Waals surface area (Å²) in [5, 5.41) is 12.4. The van der Waals surface area contributed by atoms with Crippen molar-refractivity contribution in [1.82, 2.24) is 10.2 Å². The fourth-order valence-electron chi connectivity index (χ4n) is 2.82. The van der Waals surface area contributed by atoms with Gasteiger partial charge in [0, 0.05) is 25.7 Å². The van der Waals surface area contributed by atoms with Crippen molar-refractivity contribution in [3.8, 4) is 0 Å². The maximum atomic E-state index is 10.8. The van der Waals surface area contributed by atoms with Gasteiger partial charge >= 0.3 is 6.09 Å². The van der Waals surface area contributed by atoms with Crippen LogP contribution in [-0.4, -0.2) is 35.2 Å². The van der Waals surface area contributed by atoms with E-state index in [0.29, 0.717) is 31.0 Å². The molecule has 90 valence electrons. The Morgan fingerprint density at radius 1 is 1.29 bits per heavy atom. The van der Waals surface area contributed by atoms with Crippen molar-refractivity contribution in [2.24, 2.45) is 11.8 Å². The lowest BCUT2D eigenvalue weighted by Gasteiger charge is -2.16. The van der Waals surface area contributed by atoms with Crippen molar-refractivity contribution in [2.45, 2.75) is 12.6 Å². The van der Waals surface area contributed by atoms with E-state index >= 15 is 0 Å². The van der Waals surface area contributed by atoms with Gasteiger partial charge in [-0.1, -0.05) is 30.3 Å². The second-order valence-electron chi connectivity index (χ2n) is 4.91. The van der Waals surface area contributed by atoms with Gasteiger partial charge in [0.15, 0.2) is 0 Å². The summed E-state index contributed by atoms with van der Waals surface area (Å²) in [5.74, 6) is 1.07. The Morgan fingerprint density at radius 3 is 2.53 bits per heavy atom. The molecule has 2 fully saturated rings. The van der Waals surface area contributed by atoms with Crippen molar-refractivity contribution < 1.29 is 9.90 Å². The zero-order valence-corrected chi connectivity index (χ0v) is 9.54. The van der Waals surface area contributed by atoms with Crippen LogP contribution in [0.3, 0.4) is 0 Å². The molecule has 1 aromatic rings. The molecule has 4 heteroatoms. The number of hydrogen-bond donors (Lipinski definition) is 2. The van der Waals surface area contributed by atoms with Crippen molar-refractivity contribution in [3.63, 3.8) is 0 Å². The number of likely N-dealkylation sites (tertiary alicyclic amines) is 1. The lowest BCUT2D eigenvalue weighted by molar-refractivity contribution is 0.149. The van der Waals surface area contributed by atoms with Crippen molar-refractivity contribution in [2.75, 3.05) is 13.1 Å². The lowest BCUT2D eigenvalue weighted by Crippen LogP contribution is -2.34. The number of carboxylic acid groups (broad SMARTS) is 1. The highest BCUT2D eigenvalue weighted by Gasteiger charge is 2.56. The van der Waals surface area contributed by atoms with Crippen LogP contribution in [0, 0.1) is 11.8 Å². The van der Waals surface area contributed by atoms with Gasteiger partial charge in [-0.25, -0.2) is 4.79 Å². The van der Waals surface area contributed by atoms with E-state index in [1.54, 1.807) is 0 Å². The van der Waals surface area contributed by atoms with Crippen LogP contribution in [0.4, 0.5) is 4.79 Å². The number of nitrogens with one attached hydrogen (secondary N) is 1. The number of carbonyl (C=O) groups is 1. The topological polar surface area (TPSA) is 52.6 Å². The number of benzene rings is 1. The highest BCUT2D eigenvalue weighted by atomic mass is 16.4. The first-order valence-electron chi connectivity index (χ1n) is 6.01. The first kappa shape index (κ1) is 10.6. The van der Waals surface area contributed by atoms with Crippen LogP contribution < -0.4 is 5.32 Å². The molecular formula is C13H16N2O2. The molecule has 0 spiro atoms. The predicted molar refractivity (Wildman–Crippen MR) is 63.6 cm³/mol. The molecular weight excluding hydrogens is 216 g/mol. The molecule has 2 N–H and O–H groups in total. The Bertz CT molecular complexity index is 409. The zero-order chi connectivity index (χ0) is 11.8. The fraction of sp³-hybridized carbons (Fsp3) is 0.462. The van der Waals surface area contributed by atoms with Crippen LogP contribution in [-0.2, 0) is 6.54 Å². The molecule has 1 heterocycles. The van der Waals surface area contributed by atoms with Gasteiger partial charge in [0.05, 0.1) is 0 Å². The summed E-state index contributed by atoms with van der Waals surface area (Å²) in [5.41, 5.74) is 1.28. The summed E-state index contributed by atoms with van der Waals surface area (Å²) >= 11 is 0. The summed E-state index contributed by atoms with van der Waals surface area (Å²) in [4.78, 5) is 12.3. The molecule has 3 atom stereocenters. The van der Waals surface area contributed by atoms with E-state index in [1.807, 2.05) is 18.2 Å². The summed E-state index contributed by atoms with van der Waals surface area (Å²) < 4.78 is 0. The molecule has 1 aromatic carbocycles. The van der Waals surface area contributed by atoms with Gasteiger partial charge in [-0.3, -0.25) is 0 Å². The third-order valence-corrected chi connectivity index (χ3v) is 3.85. The molecule has 3 rings (SSSR count). The molecule has 1 unspecified atom stereocenters. The summed E-state index contributed by atoms with van der Waals surface area (Å²) in [6.45, 7) is 2.28. The largest absolute Gasteiger partial charge is 0.465 e. The molecule has 1 amide bonds. The van der Waals surface area contributed by atoms with Crippen LogP contribution in [0.25, 0.3) is 0 Å². The molecule has 1 aliphatic heterocycles. The summed E-state index contributed by atoms with van der Waals surface area (Å²) in [6, 6.07) is 10.8. The SMILES string of the molecule is O=C(O)N1C[C@@H]2C(NCc3ccccc3)[C@@H]2C1. The monoisotopic (exact) mass is 232 g/mol. The smallest absolute Gasteiger partial charge is 0.407 e. The second-order valence-corrected chi connectivity index (χ2v) is 4.91. The van der Waals surface area contributed by atoms with Crippen LogP contribution in [0.2, 0.25) is 0 Å². The highest BCUT2D eigenvalue weighted by Crippen LogP contribution is 2.45.